The summed E-state index contributed by atoms with van der Waals surface area (Å²) in [6.45, 7) is 0. The van der Waals surface area contributed by atoms with Crippen molar-refractivity contribution < 1.29 is 0 Å². The van der Waals surface area contributed by atoms with Crippen LogP contribution in [-0.2, 0) is 0 Å². The molecule has 0 atom stereocenters. The van der Waals surface area contributed by atoms with Gasteiger partial charge in [0.1, 0.15) is 0 Å². The summed E-state index contributed by atoms with van der Waals surface area (Å²) in [4.78, 5) is 0. The van der Waals surface area contributed by atoms with Crippen molar-refractivity contribution >= 4 is 53.4 Å². The van der Waals surface area contributed by atoms with Crippen LogP contribution in [0.1, 0.15) is 0 Å². The first-order valence-corrected chi connectivity index (χ1v) is 8.68. The van der Waals surface area contributed by atoms with E-state index in [2.05, 4.69) is 105 Å². The van der Waals surface area contributed by atoms with Crippen molar-refractivity contribution in [1.82, 2.24) is 0 Å². The molecule has 0 aromatic heterocycles. The van der Waals surface area contributed by atoms with Crippen LogP contribution in [0.2, 0.25) is 0 Å². The van der Waals surface area contributed by atoms with E-state index < -0.39 is 0 Å². The molecule has 0 N–H and O–H groups in total. The number of hydrogen-bond donors (Lipinski definition) is 0. The van der Waals surface area contributed by atoms with Gasteiger partial charge in [0.15, 0.2) is 0 Å². The third-order valence-electron chi connectivity index (χ3n) is 3.96. The lowest BCUT2D eigenvalue weighted by atomic mass is 9.98. The van der Waals surface area contributed by atoms with Crippen LogP contribution in [0.25, 0.3) is 32.7 Å². The Labute approximate surface area is 146 Å². The fourth-order valence-electron chi connectivity index (χ4n) is 2.84. The molecule has 0 unspecified atom stereocenters. The lowest BCUT2D eigenvalue weighted by molar-refractivity contribution is 1.61. The molecule has 4 rings (SSSR count). The molecule has 0 aliphatic carbocycles. The van der Waals surface area contributed by atoms with Crippen molar-refractivity contribution in [2.24, 2.45) is 0 Å². The molecule has 0 aliphatic heterocycles. The highest BCUT2D eigenvalue weighted by atomic mass is 79.9. The van der Waals surface area contributed by atoms with Crippen LogP contribution in [0.4, 0.5) is 0 Å². The topological polar surface area (TPSA) is 0 Å². The molecule has 0 radical (unpaired) electrons. The van der Waals surface area contributed by atoms with Crippen LogP contribution in [0, 0.1) is 0 Å². The minimum Gasteiger partial charge on any atom is -0.0616 e. The Morgan fingerprint density at radius 2 is 0.773 bits per heavy atom. The molecule has 0 fully saturated rings. The van der Waals surface area contributed by atoms with Crippen molar-refractivity contribution in [3.05, 3.63) is 81.7 Å². The van der Waals surface area contributed by atoms with Crippen molar-refractivity contribution in [1.29, 1.82) is 0 Å². The largest absolute Gasteiger partial charge is 0.0616 e. The number of fused-ring (bicyclic) bond motifs is 2. The van der Waals surface area contributed by atoms with Gasteiger partial charge in [0.05, 0.1) is 0 Å². The molecule has 0 amide bonds. The molecule has 0 bridgehead atoms. The van der Waals surface area contributed by atoms with Gasteiger partial charge in [-0.1, -0.05) is 80.4 Å². The highest BCUT2D eigenvalue weighted by Gasteiger charge is 2.10. The highest BCUT2D eigenvalue weighted by molar-refractivity contribution is 9.11. The van der Waals surface area contributed by atoms with Crippen LogP contribution in [0.3, 0.4) is 0 Å². The van der Waals surface area contributed by atoms with Crippen molar-refractivity contribution in [2.75, 3.05) is 0 Å². The van der Waals surface area contributed by atoms with Gasteiger partial charge in [-0.25, -0.2) is 0 Å². The molecule has 106 valence electrons. The Bertz CT molecular complexity index is 920. The Balaban J connectivity index is 2.02. The fourth-order valence-corrected chi connectivity index (χ4v) is 3.99. The zero-order chi connectivity index (χ0) is 15.1. The van der Waals surface area contributed by atoms with E-state index in [0.29, 0.717) is 0 Å². The standard InChI is InChI=1S/C20H12Br2/c21-19-11-15-7-3-1-5-13(15)9-17(19)18-10-14-6-2-4-8-16(14)12-20(18)22/h1-12H. The number of hydrogen-bond acceptors (Lipinski definition) is 0. The first-order chi connectivity index (χ1) is 10.7. The van der Waals surface area contributed by atoms with Gasteiger partial charge in [0, 0.05) is 8.95 Å². The van der Waals surface area contributed by atoms with E-state index in [1.54, 1.807) is 0 Å². The highest BCUT2D eigenvalue weighted by Crippen LogP contribution is 2.38. The Hall–Kier alpha value is -1.64. The van der Waals surface area contributed by atoms with Crippen molar-refractivity contribution in [2.45, 2.75) is 0 Å². The Morgan fingerprint density at radius 1 is 0.455 bits per heavy atom. The zero-order valence-corrected chi connectivity index (χ0v) is 14.9. The zero-order valence-electron chi connectivity index (χ0n) is 11.7. The Morgan fingerprint density at radius 3 is 1.14 bits per heavy atom. The van der Waals surface area contributed by atoms with Gasteiger partial charge in [-0.3, -0.25) is 0 Å². The third-order valence-corrected chi connectivity index (χ3v) is 5.27. The maximum atomic E-state index is 3.73. The van der Waals surface area contributed by atoms with Crippen molar-refractivity contribution in [3.63, 3.8) is 0 Å². The van der Waals surface area contributed by atoms with Gasteiger partial charge in [-0.15, -0.1) is 0 Å². The van der Waals surface area contributed by atoms with Gasteiger partial charge in [0.2, 0.25) is 0 Å². The average molecular weight is 412 g/mol. The van der Waals surface area contributed by atoms with Gasteiger partial charge in [-0.05, 0) is 56.9 Å². The monoisotopic (exact) mass is 410 g/mol. The average Bonchev–Trinajstić information content (AvgIpc) is 2.54. The van der Waals surface area contributed by atoms with Gasteiger partial charge in [0.25, 0.3) is 0 Å². The van der Waals surface area contributed by atoms with E-state index in [-0.39, 0.29) is 0 Å². The molecule has 4 aromatic rings. The van der Waals surface area contributed by atoms with Crippen LogP contribution in [0.15, 0.2) is 81.7 Å². The molecule has 0 heterocycles. The normalized spacial score (nSPS) is 11.2. The second kappa shape index (κ2) is 5.53. The van der Waals surface area contributed by atoms with Crippen LogP contribution in [0.5, 0.6) is 0 Å². The molecule has 0 aliphatic rings. The van der Waals surface area contributed by atoms with E-state index in [9.17, 15) is 0 Å². The molecule has 22 heavy (non-hydrogen) atoms. The predicted molar refractivity (Wildman–Crippen MR) is 102 cm³/mol. The maximum Gasteiger partial charge on any atom is 0.0260 e. The van der Waals surface area contributed by atoms with Crippen LogP contribution in [-0.4, -0.2) is 0 Å². The van der Waals surface area contributed by atoms with Gasteiger partial charge in [-0.2, -0.15) is 0 Å². The van der Waals surface area contributed by atoms with E-state index in [0.717, 1.165) is 8.95 Å². The molecule has 2 heteroatoms. The molecular weight excluding hydrogens is 400 g/mol. The summed E-state index contributed by atoms with van der Waals surface area (Å²) in [5, 5.41) is 4.99. The summed E-state index contributed by atoms with van der Waals surface area (Å²) in [5.41, 5.74) is 2.41. The predicted octanol–water partition coefficient (Wildman–Crippen LogP) is 7.19. The lowest BCUT2D eigenvalue weighted by Gasteiger charge is -2.11. The van der Waals surface area contributed by atoms with E-state index in [1.807, 2.05) is 0 Å². The summed E-state index contributed by atoms with van der Waals surface area (Å²) in [7, 11) is 0. The Kier molecular flexibility index (Phi) is 3.51. The second-order valence-corrected chi connectivity index (χ2v) is 7.07. The summed E-state index contributed by atoms with van der Waals surface area (Å²) < 4.78 is 2.23. The first kappa shape index (κ1) is 14.0. The number of halogens is 2. The summed E-state index contributed by atoms with van der Waals surface area (Å²) in [5.74, 6) is 0. The van der Waals surface area contributed by atoms with Crippen molar-refractivity contribution in [3.8, 4) is 11.1 Å². The van der Waals surface area contributed by atoms with Gasteiger partial charge >= 0.3 is 0 Å². The summed E-state index contributed by atoms with van der Waals surface area (Å²) in [6, 6.07) is 25.7. The first-order valence-electron chi connectivity index (χ1n) is 7.09. The molecular formula is C20H12Br2. The maximum absolute atomic E-state index is 3.73. The molecule has 0 spiro atoms. The molecule has 0 saturated heterocycles. The SMILES string of the molecule is Brc1cc2ccccc2cc1-c1cc2ccccc2cc1Br. The summed E-state index contributed by atoms with van der Waals surface area (Å²) >= 11 is 7.46. The quantitative estimate of drug-likeness (QED) is 0.311. The fraction of sp³-hybridized carbons (Fsp3) is 0. The van der Waals surface area contributed by atoms with E-state index in [4.69, 9.17) is 0 Å². The number of benzene rings is 4. The lowest BCUT2D eigenvalue weighted by Crippen LogP contribution is -1.85. The van der Waals surface area contributed by atoms with Crippen LogP contribution < -0.4 is 0 Å². The van der Waals surface area contributed by atoms with E-state index in [1.165, 1.54) is 32.7 Å². The van der Waals surface area contributed by atoms with E-state index >= 15 is 0 Å². The molecule has 0 saturated carbocycles. The van der Waals surface area contributed by atoms with Gasteiger partial charge < -0.3 is 0 Å². The second-order valence-electron chi connectivity index (χ2n) is 5.36. The van der Waals surface area contributed by atoms with Crippen LogP contribution >= 0.6 is 31.9 Å². The summed E-state index contributed by atoms with van der Waals surface area (Å²) in [6.07, 6.45) is 0. The minimum absolute atomic E-state index is 1.11. The third kappa shape index (κ3) is 2.37. The molecule has 0 nitrogen and oxygen atoms in total. The minimum atomic E-state index is 1.11. The number of rotatable bonds is 1. The molecule has 4 aromatic carbocycles. The smallest absolute Gasteiger partial charge is 0.0260 e.